The third-order valence-corrected chi connectivity index (χ3v) is 4.45. The van der Waals surface area contributed by atoms with Gasteiger partial charge in [-0.05, 0) is 32.8 Å². The van der Waals surface area contributed by atoms with Gasteiger partial charge in [-0.2, -0.15) is 5.26 Å². The Morgan fingerprint density at radius 1 is 1.19 bits per heavy atom. The number of hydrogen-bond acceptors (Lipinski definition) is 6. The van der Waals surface area contributed by atoms with E-state index in [-0.39, 0.29) is 0 Å². The zero-order valence-corrected chi connectivity index (χ0v) is 19.3. The van der Waals surface area contributed by atoms with Crippen molar-refractivity contribution in [3.63, 3.8) is 0 Å². The summed E-state index contributed by atoms with van der Waals surface area (Å²) < 4.78 is 5.15. The van der Waals surface area contributed by atoms with E-state index >= 15 is 0 Å². The molecule has 0 fully saturated rings. The fraction of sp³-hybridized carbons (Fsp3) is 0.565. The molecule has 32 heavy (non-hydrogen) atoms. The molecule has 1 rings (SSSR count). The molecule has 2 unspecified atom stereocenters. The Bertz CT molecular complexity index is 786. The molecule has 0 aliphatic heterocycles. The Balaban J connectivity index is 3.17. The average Bonchev–Trinajstić information content (AvgIpc) is 2.73. The van der Waals surface area contributed by atoms with Crippen LogP contribution in [0.4, 0.5) is 4.79 Å². The van der Waals surface area contributed by atoms with E-state index in [2.05, 4.69) is 17.6 Å². The molecule has 3 N–H and O–H groups in total. The number of benzene rings is 1. The molecule has 0 radical (unpaired) electrons. The molecule has 0 saturated carbocycles. The van der Waals surface area contributed by atoms with Crippen molar-refractivity contribution in [2.45, 2.75) is 64.6 Å². The average molecular weight is 447 g/mol. The van der Waals surface area contributed by atoms with Crippen LogP contribution in [0.2, 0.25) is 0 Å². The lowest BCUT2D eigenvalue weighted by molar-refractivity contribution is -0.142. The molecule has 3 amide bonds. The predicted octanol–water partition coefficient (Wildman–Crippen LogP) is 2.27. The van der Waals surface area contributed by atoms with Crippen LogP contribution in [0.1, 0.15) is 58.6 Å². The predicted molar refractivity (Wildman–Crippen MR) is 119 cm³/mol. The normalized spacial score (nSPS) is 12.8. The van der Waals surface area contributed by atoms with Crippen LogP contribution in [-0.4, -0.2) is 59.3 Å². The summed E-state index contributed by atoms with van der Waals surface area (Å²) in [5, 5.41) is 24.2. The molecule has 176 valence electrons. The number of aliphatic hydroxyl groups is 1. The second-order valence-corrected chi connectivity index (χ2v) is 8.32. The van der Waals surface area contributed by atoms with E-state index in [9.17, 15) is 24.8 Å². The minimum Gasteiger partial charge on any atom is -0.444 e. The van der Waals surface area contributed by atoms with Crippen molar-refractivity contribution in [3.05, 3.63) is 35.9 Å². The zero-order valence-electron chi connectivity index (χ0n) is 19.3. The molecule has 1 aromatic rings. The monoisotopic (exact) mass is 446 g/mol. The van der Waals surface area contributed by atoms with Crippen molar-refractivity contribution < 1.29 is 24.2 Å². The van der Waals surface area contributed by atoms with Crippen LogP contribution in [-0.2, 0) is 14.3 Å². The summed E-state index contributed by atoms with van der Waals surface area (Å²) in [6.45, 7) is 6.35. The van der Waals surface area contributed by atoms with Gasteiger partial charge in [0.05, 0.1) is 12.7 Å². The van der Waals surface area contributed by atoms with Gasteiger partial charge in [0, 0.05) is 6.54 Å². The van der Waals surface area contributed by atoms with Gasteiger partial charge in [0.1, 0.15) is 24.2 Å². The van der Waals surface area contributed by atoms with Gasteiger partial charge in [-0.3, -0.25) is 9.59 Å². The smallest absolute Gasteiger partial charge is 0.408 e. The van der Waals surface area contributed by atoms with Crippen LogP contribution in [0.15, 0.2) is 30.3 Å². The summed E-state index contributed by atoms with van der Waals surface area (Å²) in [6.07, 6.45) is 1.84. The van der Waals surface area contributed by atoms with E-state index in [1.807, 2.05) is 6.07 Å². The molecular weight excluding hydrogens is 412 g/mol. The quantitative estimate of drug-likeness (QED) is 0.353. The minimum absolute atomic E-state index is 0.409. The summed E-state index contributed by atoms with van der Waals surface area (Å²) in [5.74, 6) is -1.21. The molecular formula is C23H34N4O5. The van der Waals surface area contributed by atoms with Gasteiger partial charge in [0.15, 0.2) is 0 Å². The van der Waals surface area contributed by atoms with E-state index in [4.69, 9.17) is 4.74 Å². The Kier molecular flexibility index (Phi) is 11.2. The van der Waals surface area contributed by atoms with Crippen LogP contribution in [0.5, 0.6) is 0 Å². The van der Waals surface area contributed by atoms with Gasteiger partial charge in [-0.25, -0.2) is 4.79 Å². The number of carbonyl (C=O) groups excluding carboxylic acids is 3. The van der Waals surface area contributed by atoms with Crippen molar-refractivity contribution in [3.8, 4) is 6.07 Å². The van der Waals surface area contributed by atoms with Gasteiger partial charge >= 0.3 is 6.09 Å². The van der Waals surface area contributed by atoms with E-state index in [1.165, 1.54) is 0 Å². The van der Waals surface area contributed by atoms with Crippen molar-refractivity contribution in [2.75, 3.05) is 19.7 Å². The number of unbranched alkanes of at least 4 members (excludes halogenated alkanes) is 2. The summed E-state index contributed by atoms with van der Waals surface area (Å²) in [5.41, 5.74) is -0.289. The number of carbonyl (C=O) groups is 3. The first-order chi connectivity index (χ1) is 15.1. The first kappa shape index (κ1) is 26.9. The second kappa shape index (κ2) is 13.3. The minimum atomic E-state index is -1.38. The van der Waals surface area contributed by atoms with E-state index in [1.54, 1.807) is 51.1 Å². The van der Waals surface area contributed by atoms with Crippen molar-refractivity contribution in [1.82, 2.24) is 15.5 Å². The summed E-state index contributed by atoms with van der Waals surface area (Å²) in [6, 6.07) is 8.02. The summed E-state index contributed by atoms with van der Waals surface area (Å²) >= 11 is 0. The largest absolute Gasteiger partial charge is 0.444 e. The second-order valence-electron chi connectivity index (χ2n) is 8.32. The number of rotatable bonds is 11. The number of nitriles is 1. The molecule has 0 spiro atoms. The molecule has 2 atom stereocenters. The molecule has 9 nitrogen and oxygen atoms in total. The third-order valence-electron chi connectivity index (χ3n) is 4.45. The van der Waals surface area contributed by atoms with E-state index in [0.29, 0.717) is 12.1 Å². The fourth-order valence-electron chi connectivity index (χ4n) is 3.00. The van der Waals surface area contributed by atoms with Gasteiger partial charge in [-0.1, -0.05) is 50.1 Å². The van der Waals surface area contributed by atoms with Crippen LogP contribution < -0.4 is 10.6 Å². The number of alkyl carbamates (subject to hydrolysis) is 1. The highest BCUT2D eigenvalue weighted by molar-refractivity contribution is 5.92. The zero-order chi connectivity index (χ0) is 24.1. The number of nitrogens with one attached hydrogen (secondary N) is 2. The van der Waals surface area contributed by atoms with Gasteiger partial charge < -0.3 is 25.4 Å². The van der Waals surface area contributed by atoms with Crippen molar-refractivity contribution in [1.29, 1.82) is 5.26 Å². The van der Waals surface area contributed by atoms with Gasteiger partial charge in [-0.15, -0.1) is 0 Å². The van der Waals surface area contributed by atoms with Gasteiger partial charge in [0.2, 0.25) is 11.8 Å². The number of nitrogens with zero attached hydrogens (tertiary/aromatic N) is 2. The Morgan fingerprint density at radius 3 is 2.38 bits per heavy atom. The molecule has 9 heteroatoms. The van der Waals surface area contributed by atoms with Crippen LogP contribution in [0.3, 0.4) is 0 Å². The summed E-state index contributed by atoms with van der Waals surface area (Å²) in [7, 11) is 0. The van der Waals surface area contributed by atoms with Crippen LogP contribution >= 0.6 is 0 Å². The molecule has 0 aliphatic rings. The maximum atomic E-state index is 13.2. The van der Waals surface area contributed by atoms with E-state index < -0.39 is 48.7 Å². The molecule has 0 heterocycles. The Labute approximate surface area is 189 Å². The molecule has 0 aromatic heterocycles. The van der Waals surface area contributed by atoms with Crippen molar-refractivity contribution >= 4 is 17.9 Å². The Hall–Kier alpha value is -3.12. The lowest BCUT2D eigenvalue weighted by atomic mass is 10.0. The SMILES string of the molecule is CCCCCNC(=O)C(c1ccccc1)N(CC#N)C(=O)C(CO)NC(=O)OC(C)(C)C. The maximum absolute atomic E-state index is 13.2. The van der Waals surface area contributed by atoms with E-state index in [0.717, 1.165) is 24.2 Å². The lowest BCUT2D eigenvalue weighted by Gasteiger charge is -2.32. The van der Waals surface area contributed by atoms with Crippen molar-refractivity contribution in [2.24, 2.45) is 0 Å². The van der Waals surface area contributed by atoms with Gasteiger partial charge in [0.25, 0.3) is 0 Å². The maximum Gasteiger partial charge on any atom is 0.408 e. The molecule has 0 aliphatic carbocycles. The first-order valence-electron chi connectivity index (χ1n) is 10.7. The Morgan fingerprint density at radius 2 is 1.84 bits per heavy atom. The number of ether oxygens (including phenoxy) is 1. The highest BCUT2D eigenvalue weighted by Crippen LogP contribution is 2.22. The fourth-order valence-corrected chi connectivity index (χ4v) is 3.00. The number of aliphatic hydroxyl groups excluding tert-OH is 1. The highest BCUT2D eigenvalue weighted by Gasteiger charge is 2.35. The first-order valence-corrected chi connectivity index (χ1v) is 10.7. The lowest BCUT2D eigenvalue weighted by Crippen LogP contribution is -2.54. The number of hydrogen-bond donors (Lipinski definition) is 3. The molecule has 0 bridgehead atoms. The topological polar surface area (TPSA) is 132 Å². The summed E-state index contributed by atoms with van der Waals surface area (Å²) in [4.78, 5) is 39.5. The standard InChI is InChI=1S/C23H34N4O5/c1-5-6-10-14-25-20(29)19(17-11-8-7-9-12-17)27(15-13-24)21(30)18(16-28)26-22(31)32-23(2,3)4/h7-9,11-12,18-19,28H,5-6,10,14-16H2,1-4H3,(H,25,29)(H,26,31). The molecule has 1 aromatic carbocycles. The molecule has 0 saturated heterocycles. The van der Waals surface area contributed by atoms with Crippen LogP contribution in [0, 0.1) is 11.3 Å². The number of amides is 3. The third kappa shape index (κ3) is 8.94. The highest BCUT2D eigenvalue weighted by atomic mass is 16.6. The van der Waals surface area contributed by atoms with Crippen LogP contribution in [0.25, 0.3) is 0 Å².